The van der Waals surface area contributed by atoms with Gasteiger partial charge >= 0.3 is 23.5 Å². The van der Waals surface area contributed by atoms with Crippen LogP contribution in [0.25, 0.3) is 5.70 Å². The lowest BCUT2D eigenvalue weighted by Gasteiger charge is -2.25. The van der Waals surface area contributed by atoms with Crippen molar-refractivity contribution in [2.75, 3.05) is 14.2 Å². The van der Waals surface area contributed by atoms with Crippen LogP contribution < -0.4 is 0 Å². The number of nitrogens with zero attached hydrogens (tertiary/aromatic N) is 2. The molecule has 6 rings (SSSR count). The molecule has 2 aliphatic rings. The third-order valence-corrected chi connectivity index (χ3v) is 10.5. The molecule has 0 fully saturated rings. The van der Waals surface area contributed by atoms with Gasteiger partial charge in [-0.1, -0.05) is 63.7 Å². The van der Waals surface area contributed by atoms with Crippen LogP contribution >= 0.6 is 58.0 Å². The van der Waals surface area contributed by atoms with Crippen molar-refractivity contribution in [2.24, 2.45) is 5.16 Å². The predicted octanol–water partition coefficient (Wildman–Crippen LogP) is 13.8. The first-order valence-electron chi connectivity index (χ1n) is 20.0. The highest BCUT2D eigenvalue weighted by atomic mass is 35.5. The molecular weight excluding hydrogens is 942 g/mol. The second-order valence-corrected chi connectivity index (χ2v) is 19.4. The van der Waals surface area contributed by atoms with E-state index in [1.165, 1.54) is 14.2 Å². The van der Waals surface area contributed by atoms with Gasteiger partial charge in [-0.05, 0) is 158 Å². The number of esters is 2. The Bertz CT molecular complexity index is 2490. The summed E-state index contributed by atoms with van der Waals surface area (Å²) in [6.45, 7) is 18.4. The first-order valence-corrected chi connectivity index (χ1v) is 21.9. The summed E-state index contributed by atoms with van der Waals surface area (Å²) in [5, 5.41) is 7.36. The Hall–Kier alpha value is -4.82. The molecule has 0 radical (unpaired) electrons. The summed E-state index contributed by atoms with van der Waals surface area (Å²) < 4.78 is 19.7. The number of hydroxylamine groups is 2. The zero-order valence-electron chi connectivity index (χ0n) is 38.1. The van der Waals surface area contributed by atoms with Crippen LogP contribution in [-0.4, -0.2) is 59.7 Å². The molecule has 1 amide bonds. The van der Waals surface area contributed by atoms with E-state index >= 15 is 0 Å². The first kappa shape index (κ1) is 52.8. The van der Waals surface area contributed by atoms with Gasteiger partial charge in [0.2, 0.25) is 0 Å². The second-order valence-electron chi connectivity index (χ2n) is 17.4. The lowest BCUT2D eigenvalue weighted by molar-refractivity contribution is -0.150. The average Bonchev–Trinajstić information content (AvgIpc) is 3.77. The Balaban J connectivity index is 0.000000259. The predicted molar refractivity (Wildman–Crippen MR) is 254 cm³/mol. The maximum Gasteiger partial charge on any atom is 0.438 e. The second kappa shape index (κ2) is 21.2. The average molecular weight is 993 g/mol. The fourth-order valence-electron chi connectivity index (χ4n) is 6.48. The van der Waals surface area contributed by atoms with Crippen LogP contribution in [0.2, 0.25) is 20.1 Å². The monoisotopic (exact) mass is 990 g/mol. The SMILES string of the molecule is COC(=O)Cl.COC(=O)N1OC(C)(c2cc(Cl)cc(Cl)c2)C=C1c1ccc(C(=O)OC(C)(C)C)c(C)c1.Cc1cc(C2=NOC(C)(c3cc(Cl)cc(Cl)c3)C2)ccc1C(=O)OC(C)(C)C. The maximum atomic E-state index is 12.5. The van der Waals surface area contributed by atoms with E-state index in [0.717, 1.165) is 27.5 Å². The van der Waals surface area contributed by atoms with E-state index in [2.05, 4.69) is 21.5 Å². The van der Waals surface area contributed by atoms with Crippen molar-refractivity contribution in [1.29, 1.82) is 0 Å². The van der Waals surface area contributed by atoms with E-state index in [-0.39, 0.29) is 5.97 Å². The molecular formula is C48H51Cl5N2O10. The number of amides is 1. The van der Waals surface area contributed by atoms with Gasteiger partial charge in [-0.2, -0.15) is 5.06 Å². The van der Waals surface area contributed by atoms with E-state index in [9.17, 15) is 19.2 Å². The molecule has 17 heteroatoms. The van der Waals surface area contributed by atoms with Crippen LogP contribution in [0.4, 0.5) is 9.59 Å². The molecule has 2 unspecified atom stereocenters. The molecule has 348 valence electrons. The molecule has 0 saturated carbocycles. The van der Waals surface area contributed by atoms with Crippen molar-refractivity contribution in [1.82, 2.24) is 5.06 Å². The largest absolute Gasteiger partial charge is 0.457 e. The van der Waals surface area contributed by atoms with E-state index < -0.39 is 39.9 Å². The van der Waals surface area contributed by atoms with E-state index in [1.54, 1.807) is 68.5 Å². The van der Waals surface area contributed by atoms with Crippen molar-refractivity contribution >= 4 is 92.9 Å². The number of aryl methyl sites for hydroxylation is 2. The van der Waals surface area contributed by atoms with Gasteiger partial charge in [0.25, 0.3) is 0 Å². The third-order valence-electron chi connectivity index (χ3n) is 9.50. The minimum absolute atomic E-state index is 0.334. The Morgan fingerprint density at radius 2 is 1.09 bits per heavy atom. The van der Waals surface area contributed by atoms with Crippen LogP contribution in [0.5, 0.6) is 0 Å². The quantitative estimate of drug-likeness (QED) is 0.104. The molecule has 4 aromatic carbocycles. The number of hydrogen-bond donors (Lipinski definition) is 0. The standard InChI is InChI=1S/C24H25Cl2NO5.C22H23Cl2NO3.C2H3ClO2/c1-14-9-15(7-8-19(14)21(28)31-23(2,3)4)20-13-24(5,32-27(20)22(29)30-6)16-10-17(25)12-18(26)11-16;1-13-8-14(6-7-18(13)20(26)27-21(2,3)4)19-12-22(5,28-25-19)15-9-16(23)11-17(24)10-15;1-5-2(3)4/h7-13H,1-6H3;6-11H,12H2,1-5H3;1H3. The summed E-state index contributed by atoms with van der Waals surface area (Å²) >= 11 is 29.2. The smallest absolute Gasteiger partial charge is 0.438 e. The number of halogens is 5. The molecule has 0 aromatic heterocycles. The van der Waals surface area contributed by atoms with Crippen LogP contribution in [-0.2, 0) is 39.8 Å². The van der Waals surface area contributed by atoms with E-state index in [4.69, 9.17) is 70.3 Å². The van der Waals surface area contributed by atoms with Crippen molar-refractivity contribution in [3.05, 3.63) is 143 Å². The van der Waals surface area contributed by atoms with Gasteiger partial charge in [0.05, 0.1) is 36.8 Å². The molecule has 4 aromatic rings. The van der Waals surface area contributed by atoms with Gasteiger partial charge in [0, 0.05) is 49.2 Å². The van der Waals surface area contributed by atoms with Crippen LogP contribution in [0, 0.1) is 13.8 Å². The van der Waals surface area contributed by atoms with Crippen LogP contribution in [0.15, 0.2) is 84.0 Å². The number of ether oxygens (including phenoxy) is 4. The van der Waals surface area contributed by atoms with Gasteiger partial charge in [0.15, 0.2) is 5.60 Å². The topological polar surface area (TPSA) is 139 Å². The van der Waals surface area contributed by atoms with Crippen LogP contribution in [0.1, 0.15) is 116 Å². The highest BCUT2D eigenvalue weighted by Gasteiger charge is 2.42. The molecule has 2 atom stereocenters. The number of benzene rings is 4. The van der Waals surface area contributed by atoms with Crippen LogP contribution in [0.3, 0.4) is 0 Å². The number of rotatable bonds is 6. The minimum Gasteiger partial charge on any atom is -0.457 e. The molecule has 0 N–H and O–H groups in total. The molecule has 2 heterocycles. The van der Waals surface area contributed by atoms with Gasteiger partial charge in [-0.15, -0.1) is 0 Å². The Kier molecular flexibility index (Phi) is 17.2. The summed E-state index contributed by atoms with van der Waals surface area (Å²) in [5.74, 6) is -0.749. The molecule has 12 nitrogen and oxygen atoms in total. The Morgan fingerprint density at radius 3 is 1.51 bits per heavy atom. The summed E-state index contributed by atoms with van der Waals surface area (Å²) in [7, 11) is 2.49. The van der Waals surface area contributed by atoms with Gasteiger partial charge in [-0.25, -0.2) is 24.0 Å². The zero-order valence-corrected chi connectivity index (χ0v) is 41.9. The number of methoxy groups -OCH3 is 2. The van der Waals surface area contributed by atoms with E-state index in [1.807, 2.05) is 79.7 Å². The molecule has 0 spiro atoms. The number of hydrogen-bond acceptors (Lipinski definition) is 11. The normalized spacial score (nSPS) is 17.8. The van der Waals surface area contributed by atoms with E-state index in [0.29, 0.717) is 60.0 Å². The summed E-state index contributed by atoms with van der Waals surface area (Å²) in [5.41, 5.74) is 3.28. The summed E-state index contributed by atoms with van der Waals surface area (Å²) in [6, 6.07) is 21.2. The molecule has 0 saturated heterocycles. The summed E-state index contributed by atoms with van der Waals surface area (Å²) in [6.07, 6.45) is 1.66. The molecule has 0 aliphatic carbocycles. The fourth-order valence-corrected chi connectivity index (χ4v) is 7.53. The highest BCUT2D eigenvalue weighted by Crippen LogP contribution is 2.43. The first-order chi connectivity index (χ1) is 30.1. The highest BCUT2D eigenvalue weighted by molar-refractivity contribution is 6.61. The lowest BCUT2D eigenvalue weighted by Crippen LogP contribution is -2.31. The molecule has 65 heavy (non-hydrogen) atoms. The van der Waals surface area contributed by atoms with Crippen molar-refractivity contribution in [2.45, 2.75) is 98.1 Å². The third kappa shape index (κ3) is 14.3. The Labute approximate surface area is 404 Å². The van der Waals surface area contributed by atoms with Crippen molar-refractivity contribution in [3.8, 4) is 0 Å². The molecule has 0 bridgehead atoms. The van der Waals surface area contributed by atoms with Gasteiger partial charge in [-0.3, -0.25) is 0 Å². The minimum atomic E-state index is -1.03. The maximum absolute atomic E-state index is 12.5. The number of carbonyl (C=O) groups is 4. The number of carbonyl (C=O) groups excluding carboxylic acids is 4. The zero-order chi connectivity index (χ0) is 48.8. The fraction of sp³-hybridized carbons (Fsp3) is 0.354. The van der Waals surface area contributed by atoms with Gasteiger partial charge in [0.1, 0.15) is 16.8 Å². The molecule has 2 aliphatic heterocycles. The summed E-state index contributed by atoms with van der Waals surface area (Å²) in [4.78, 5) is 58.5. The van der Waals surface area contributed by atoms with Crippen molar-refractivity contribution < 1.29 is 47.8 Å². The van der Waals surface area contributed by atoms with Gasteiger partial charge < -0.3 is 23.8 Å². The lowest BCUT2D eigenvalue weighted by atomic mass is 9.88. The number of oxime groups is 1. The Morgan fingerprint density at radius 1 is 0.662 bits per heavy atom. The van der Waals surface area contributed by atoms with Crippen molar-refractivity contribution in [3.63, 3.8) is 0 Å².